The maximum Gasteiger partial charge on any atom is 0.139 e. The van der Waals surface area contributed by atoms with Gasteiger partial charge in [0.2, 0.25) is 0 Å². The number of carbonyl (C=O) groups excluding carboxylic acids is 2. The van der Waals surface area contributed by atoms with Crippen LogP contribution in [0.4, 0.5) is 0 Å². The number of Topliss-reactive ketones (excluding diaryl/α,β-unsaturated/α-hetero) is 2. The van der Waals surface area contributed by atoms with E-state index >= 15 is 0 Å². The molecule has 9 heavy (non-hydrogen) atoms. The van der Waals surface area contributed by atoms with Gasteiger partial charge in [-0.15, -0.1) is 0 Å². The van der Waals surface area contributed by atoms with Crippen molar-refractivity contribution in [2.75, 3.05) is 0 Å². The Kier molecular flexibility index (Phi) is 8.05. The van der Waals surface area contributed by atoms with Gasteiger partial charge in [-0.3, -0.25) is 9.59 Å². The average molecular weight is 309 g/mol. The summed E-state index contributed by atoms with van der Waals surface area (Å²) in [6.07, 6.45) is 0.579. The monoisotopic (exact) mass is 309 g/mol. The molecule has 0 saturated carbocycles. The van der Waals surface area contributed by atoms with Crippen LogP contribution in [0.25, 0.3) is 0 Å². The fraction of sp³-hybridized carbons (Fsp3) is 0.667. The zero-order chi connectivity index (χ0) is 6.57. The van der Waals surface area contributed by atoms with Crippen LogP contribution in [0.1, 0.15) is 26.7 Å². The maximum atomic E-state index is 10.4. The van der Waals surface area contributed by atoms with E-state index in [9.17, 15) is 9.59 Å². The van der Waals surface area contributed by atoms with Crippen LogP contribution in [0, 0.1) is 0 Å². The molecule has 2 nitrogen and oxygen atoms in total. The van der Waals surface area contributed by atoms with E-state index in [2.05, 4.69) is 0 Å². The van der Waals surface area contributed by atoms with Crippen molar-refractivity contribution in [1.82, 2.24) is 0 Å². The molecule has 0 bridgehead atoms. The van der Waals surface area contributed by atoms with Crippen molar-refractivity contribution in [3.8, 4) is 0 Å². The van der Waals surface area contributed by atoms with E-state index in [1.165, 1.54) is 6.92 Å². The minimum atomic E-state index is -0.0446. The molecule has 0 aromatic rings. The summed E-state index contributed by atoms with van der Waals surface area (Å²) in [7, 11) is 0. The molecule has 0 N–H and O–H groups in total. The SMILES string of the molecule is CCC(=O)CC(C)=O.[Pt]. The van der Waals surface area contributed by atoms with E-state index in [1.807, 2.05) is 0 Å². The largest absolute Gasteiger partial charge is 0.300 e. The van der Waals surface area contributed by atoms with Gasteiger partial charge >= 0.3 is 0 Å². The molecule has 0 spiro atoms. The van der Waals surface area contributed by atoms with Crippen LogP contribution < -0.4 is 0 Å². The summed E-state index contributed by atoms with van der Waals surface area (Å²) >= 11 is 0. The summed E-state index contributed by atoms with van der Waals surface area (Å²) in [5, 5.41) is 0. The third kappa shape index (κ3) is 8.03. The molecule has 0 saturated heterocycles. The molecule has 0 aromatic heterocycles. The normalized spacial score (nSPS) is 7.78. The number of hydrogen-bond acceptors (Lipinski definition) is 2. The van der Waals surface area contributed by atoms with Crippen molar-refractivity contribution in [2.24, 2.45) is 0 Å². The number of hydrogen-bond donors (Lipinski definition) is 0. The van der Waals surface area contributed by atoms with E-state index in [0.717, 1.165) is 0 Å². The van der Waals surface area contributed by atoms with E-state index < -0.39 is 0 Å². The molecule has 0 aromatic carbocycles. The van der Waals surface area contributed by atoms with Gasteiger partial charge in [-0.25, -0.2) is 0 Å². The van der Waals surface area contributed by atoms with Crippen LogP contribution in [-0.4, -0.2) is 11.6 Å². The minimum Gasteiger partial charge on any atom is -0.300 e. The second kappa shape index (κ2) is 6.15. The zero-order valence-corrected chi connectivity index (χ0v) is 7.82. The van der Waals surface area contributed by atoms with Crippen LogP contribution in [0.15, 0.2) is 0 Å². The molecule has 0 heterocycles. The standard InChI is InChI=1S/C6H10O2.Pt/c1-3-6(8)4-5(2)7;/h3-4H2,1-2H3;. The van der Waals surface area contributed by atoms with Crippen molar-refractivity contribution in [3.63, 3.8) is 0 Å². The van der Waals surface area contributed by atoms with Crippen LogP contribution in [0.3, 0.4) is 0 Å². The molecule has 3 heteroatoms. The quantitative estimate of drug-likeness (QED) is 0.727. The van der Waals surface area contributed by atoms with Crippen LogP contribution in [0.2, 0.25) is 0 Å². The molecule has 0 atom stereocenters. The molecule has 0 amide bonds. The molecule has 0 aliphatic rings. The first-order chi connectivity index (χ1) is 3.66. The van der Waals surface area contributed by atoms with Crippen molar-refractivity contribution < 1.29 is 30.7 Å². The summed E-state index contributed by atoms with van der Waals surface area (Å²) in [6.45, 7) is 3.18. The summed E-state index contributed by atoms with van der Waals surface area (Å²) in [4.78, 5) is 20.6. The number of rotatable bonds is 3. The molecule has 0 aliphatic carbocycles. The third-order valence-corrected chi connectivity index (χ3v) is 0.840. The predicted octanol–water partition coefficient (Wildman–Crippen LogP) is 0.942. The van der Waals surface area contributed by atoms with E-state index in [-0.39, 0.29) is 39.1 Å². The molecule has 0 fully saturated rings. The van der Waals surface area contributed by atoms with Crippen molar-refractivity contribution in [1.29, 1.82) is 0 Å². The second-order valence-corrected chi connectivity index (χ2v) is 1.77. The molecule has 0 aliphatic heterocycles. The van der Waals surface area contributed by atoms with Crippen molar-refractivity contribution >= 4 is 11.6 Å². The fourth-order valence-electron chi connectivity index (χ4n) is 0.403. The van der Waals surface area contributed by atoms with Gasteiger partial charge in [0.15, 0.2) is 0 Å². The van der Waals surface area contributed by atoms with Crippen LogP contribution in [-0.2, 0) is 30.7 Å². The van der Waals surface area contributed by atoms with Gasteiger partial charge in [0.1, 0.15) is 11.6 Å². The Bertz CT molecular complexity index is 110. The van der Waals surface area contributed by atoms with Crippen molar-refractivity contribution in [3.05, 3.63) is 0 Å². The van der Waals surface area contributed by atoms with Crippen LogP contribution >= 0.6 is 0 Å². The Balaban J connectivity index is 0. The second-order valence-electron chi connectivity index (χ2n) is 1.77. The summed E-state index contributed by atoms with van der Waals surface area (Å²) in [6, 6.07) is 0. The molecule has 56 valence electrons. The molecule has 0 rings (SSSR count). The first kappa shape index (κ1) is 11.8. The first-order valence-corrected chi connectivity index (χ1v) is 2.68. The van der Waals surface area contributed by atoms with Crippen LogP contribution in [0.5, 0.6) is 0 Å². The number of carbonyl (C=O) groups is 2. The predicted molar refractivity (Wildman–Crippen MR) is 30.6 cm³/mol. The van der Waals surface area contributed by atoms with Gasteiger partial charge in [0.05, 0.1) is 6.42 Å². The Morgan fingerprint density at radius 3 is 1.89 bits per heavy atom. The zero-order valence-electron chi connectivity index (χ0n) is 5.55. The van der Waals surface area contributed by atoms with E-state index in [4.69, 9.17) is 0 Å². The Labute approximate surface area is 69.3 Å². The minimum absolute atomic E-state index is 0. The summed E-state index contributed by atoms with van der Waals surface area (Å²) in [5.74, 6) is -0.0191. The summed E-state index contributed by atoms with van der Waals surface area (Å²) < 4.78 is 0. The smallest absolute Gasteiger partial charge is 0.139 e. The number of ketones is 2. The molecule has 0 unspecified atom stereocenters. The van der Waals surface area contributed by atoms with Gasteiger partial charge in [-0.1, -0.05) is 6.92 Å². The molecular formula is C6H10O2Pt. The topological polar surface area (TPSA) is 34.1 Å². The summed E-state index contributed by atoms with van der Waals surface area (Å²) in [5.41, 5.74) is 0. The maximum absolute atomic E-state index is 10.4. The Hall–Kier alpha value is 0.0283. The van der Waals surface area contributed by atoms with Gasteiger partial charge in [0, 0.05) is 27.5 Å². The Morgan fingerprint density at radius 1 is 1.33 bits per heavy atom. The Morgan fingerprint density at radius 2 is 1.78 bits per heavy atom. The molecule has 0 radical (unpaired) electrons. The van der Waals surface area contributed by atoms with Gasteiger partial charge in [-0.05, 0) is 6.92 Å². The molecular weight excluding hydrogens is 299 g/mol. The van der Waals surface area contributed by atoms with Gasteiger partial charge in [0.25, 0.3) is 0 Å². The van der Waals surface area contributed by atoms with Gasteiger partial charge < -0.3 is 0 Å². The first-order valence-electron chi connectivity index (χ1n) is 2.68. The van der Waals surface area contributed by atoms with E-state index in [0.29, 0.717) is 6.42 Å². The van der Waals surface area contributed by atoms with Crippen molar-refractivity contribution in [2.45, 2.75) is 26.7 Å². The fourth-order valence-corrected chi connectivity index (χ4v) is 0.403. The van der Waals surface area contributed by atoms with E-state index in [1.54, 1.807) is 6.92 Å². The third-order valence-electron chi connectivity index (χ3n) is 0.840. The van der Waals surface area contributed by atoms with Gasteiger partial charge in [-0.2, -0.15) is 0 Å². The average Bonchev–Trinajstić information content (AvgIpc) is 1.65.